The van der Waals surface area contributed by atoms with Crippen LogP contribution >= 0.6 is 15.9 Å². The first-order valence-corrected chi connectivity index (χ1v) is 6.20. The molecule has 0 aromatic heterocycles. The molecule has 0 aliphatic heterocycles. The van der Waals surface area contributed by atoms with Gasteiger partial charge in [-0.3, -0.25) is 9.69 Å². The van der Waals surface area contributed by atoms with Crippen LogP contribution in [0.2, 0.25) is 0 Å². The number of hydrogen-bond donors (Lipinski definition) is 1. The van der Waals surface area contributed by atoms with Crippen LogP contribution in [0.1, 0.15) is 18.9 Å². The van der Waals surface area contributed by atoms with Crippen molar-refractivity contribution in [1.29, 1.82) is 0 Å². The lowest BCUT2D eigenvalue weighted by Gasteiger charge is -2.19. The summed E-state index contributed by atoms with van der Waals surface area (Å²) in [6.07, 6.45) is 0.836. The quantitative estimate of drug-likeness (QED) is 0.878. The molecule has 1 aromatic rings. The highest BCUT2D eigenvalue weighted by atomic mass is 79.9. The molecule has 0 amide bonds. The minimum Gasteiger partial charge on any atom is -0.480 e. The lowest BCUT2D eigenvalue weighted by atomic mass is 10.2. The van der Waals surface area contributed by atoms with E-state index in [1.165, 1.54) is 6.07 Å². The molecule has 0 radical (unpaired) electrons. The average molecular weight is 304 g/mol. The molecule has 0 saturated heterocycles. The molecule has 0 unspecified atom stereocenters. The van der Waals surface area contributed by atoms with Crippen molar-refractivity contribution in [2.45, 2.75) is 19.9 Å². The zero-order valence-electron chi connectivity index (χ0n) is 9.62. The van der Waals surface area contributed by atoms with Crippen LogP contribution in [-0.2, 0) is 11.3 Å². The second-order valence-electron chi connectivity index (χ2n) is 3.84. The second kappa shape index (κ2) is 6.71. The van der Waals surface area contributed by atoms with Crippen LogP contribution in [0.15, 0.2) is 22.7 Å². The summed E-state index contributed by atoms with van der Waals surface area (Å²) in [4.78, 5) is 12.4. The standard InChI is InChI=1S/C12H15BrFNO2/c1-2-5-15(8-12(16)17)7-9-6-10(13)3-4-11(9)14/h3-4,6H,2,5,7-8H2,1H3,(H,16,17). The van der Waals surface area contributed by atoms with Crippen molar-refractivity contribution in [2.24, 2.45) is 0 Å². The van der Waals surface area contributed by atoms with Gasteiger partial charge >= 0.3 is 5.97 Å². The number of carbonyl (C=O) groups is 1. The van der Waals surface area contributed by atoms with E-state index in [9.17, 15) is 9.18 Å². The molecule has 94 valence electrons. The first-order valence-electron chi connectivity index (χ1n) is 5.41. The van der Waals surface area contributed by atoms with Crippen molar-refractivity contribution in [3.63, 3.8) is 0 Å². The monoisotopic (exact) mass is 303 g/mol. The molecule has 5 heteroatoms. The molecule has 0 atom stereocenters. The molecule has 0 saturated carbocycles. The lowest BCUT2D eigenvalue weighted by molar-refractivity contribution is -0.138. The van der Waals surface area contributed by atoms with E-state index in [1.807, 2.05) is 6.92 Å². The summed E-state index contributed by atoms with van der Waals surface area (Å²) in [5, 5.41) is 8.77. The molecule has 0 fully saturated rings. The van der Waals surface area contributed by atoms with Crippen LogP contribution in [-0.4, -0.2) is 29.1 Å². The molecule has 0 bridgehead atoms. The van der Waals surface area contributed by atoms with Gasteiger partial charge in [-0.05, 0) is 31.2 Å². The maximum Gasteiger partial charge on any atom is 0.317 e. The number of nitrogens with zero attached hydrogens (tertiary/aromatic N) is 1. The Balaban J connectivity index is 2.77. The minimum absolute atomic E-state index is 0.0696. The fourth-order valence-electron chi connectivity index (χ4n) is 1.63. The van der Waals surface area contributed by atoms with Gasteiger partial charge in [-0.1, -0.05) is 22.9 Å². The predicted octanol–water partition coefficient (Wildman–Crippen LogP) is 2.88. The third-order valence-electron chi connectivity index (χ3n) is 2.30. The number of benzene rings is 1. The highest BCUT2D eigenvalue weighted by Gasteiger charge is 2.12. The van der Waals surface area contributed by atoms with Gasteiger partial charge in [-0.2, -0.15) is 0 Å². The molecule has 17 heavy (non-hydrogen) atoms. The van der Waals surface area contributed by atoms with E-state index in [0.717, 1.165) is 10.9 Å². The summed E-state index contributed by atoms with van der Waals surface area (Å²) in [7, 11) is 0. The van der Waals surface area contributed by atoms with E-state index in [0.29, 0.717) is 18.7 Å². The highest BCUT2D eigenvalue weighted by Crippen LogP contribution is 2.17. The van der Waals surface area contributed by atoms with E-state index in [1.54, 1.807) is 17.0 Å². The number of carboxylic acids is 1. The van der Waals surface area contributed by atoms with Gasteiger partial charge in [0.15, 0.2) is 0 Å². The first kappa shape index (κ1) is 14.1. The van der Waals surface area contributed by atoms with Gasteiger partial charge in [-0.15, -0.1) is 0 Å². The molecule has 1 N–H and O–H groups in total. The van der Waals surface area contributed by atoms with Gasteiger partial charge in [0.2, 0.25) is 0 Å². The van der Waals surface area contributed by atoms with Crippen molar-refractivity contribution in [3.05, 3.63) is 34.1 Å². The Hall–Kier alpha value is -0.940. The Morgan fingerprint density at radius 2 is 2.24 bits per heavy atom. The fraction of sp³-hybridized carbons (Fsp3) is 0.417. The summed E-state index contributed by atoms with van der Waals surface area (Å²) in [6, 6.07) is 4.68. The topological polar surface area (TPSA) is 40.5 Å². The van der Waals surface area contributed by atoms with Crippen molar-refractivity contribution >= 4 is 21.9 Å². The molecule has 0 spiro atoms. The van der Waals surface area contributed by atoms with Crippen molar-refractivity contribution < 1.29 is 14.3 Å². The third-order valence-corrected chi connectivity index (χ3v) is 2.79. The molecule has 1 rings (SSSR count). The molecule has 0 aliphatic carbocycles. The average Bonchev–Trinajstić information content (AvgIpc) is 2.23. The maximum atomic E-state index is 13.5. The zero-order chi connectivity index (χ0) is 12.8. The maximum absolute atomic E-state index is 13.5. The van der Waals surface area contributed by atoms with E-state index in [2.05, 4.69) is 15.9 Å². The summed E-state index contributed by atoms with van der Waals surface area (Å²) in [6.45, 7) is 2.84. The lowest BCUT2D eigenvalue weighted by Crippen LogP contribution is -2.30. The SMILES string of the molecule is CCCN(CC(=O)O)Cc1cc(Br)ccc1F. The van der Waals surface area contributed by atoms with Crippen molar-refractivity contribution in [3.8, 4) is 0 Å². The van der Waals surface area contributed by atoms with Gasteiger partial charge in [0.1, 0.15) is 5.82 Å². The van der Waals surface area contributed by atoms with E-state index < -0.39 is 5.97 Å². The Labute approximate surface area is 108 Å². The van der Waals surface area contributed by atoms with Crippen molar-refractivity contribution in [1.82, 2.24) is 4.90 Å². The van der Waals surface area contributed by atoms with E-state index in [4.69, 9.17) is 5.11 Å². The summed E-state index contributed by atoms with van der Waals surface area (Å²) in [5.41, 5.74) is 0.508. The van der Waals surface area contributed by atoms with Crippen LogP contribution in [0.3, 0.4) is 0 Å². The largest absolute Gasteiger partial charge is 0.480 e. The van der Waals surface area contributed by atoms with E-state index >= 15 is 0 Å². The molecule has 0 aliphatic rings. The Bertz CT molecular complexity index is 398. The fourth-order valence-corrected chi connectivity index (χ4v) is 2.04. The summed E-state index contributed by atoms with van der Waals surface area (Å²) < 4.78 is 14.3. The van der Waals surface area contributed by atoms with Crippen LogP contribution < -0.4 is 0 Å². The summed E-state index contributed by atoms with van der Waals surface area (Å²) >= 11 is 3.27. The highest BCUT2D eigenvalue weighted by molar-refractivity contribution is 9.10. The van der Waals surface area contributed by atoms with Gasteiger partial charge in [0.05, 0.1) is 6.54 Å². The smallest absolute Gasteiger partial charge is 0.317 e. The summed E-state index contributed by atoms with van der Waals surface area (Å²) in [5.74, 6) is -1.20. The minimum atomic E-state index is -0.895. The van der Waals surface area contributed by atoms with Gasteiger partial charge in [0.25, 0.3) is 0 Å². The Kier molecular flexibility index (Phi) is 5.58. The molecular weight excluding hydrogens is 289 g/mol. The van der Waals surface area contributed by atoms with Crippen LogP contribution in [0.4, 0.5) is 4.39 Å². The third kappa shape index (κ3) is 4.83. The van der Waals surface area contributed by atoms with Gasteiger partial charge in [-0.25, -0.2) is 4.39 Å². The van der Waals surface area contributed by atoms with E-state index in [-0.39, 0.29) is 12.4 Å². The molecule has 0 heterocycles. The second-order valence-corrected chi connectivity index (χ2v) is 4.76. The number of rotatable bonds is 6. The van der Waals surface area contributed by atoms with Gasteiger partial charge < -0.3 is 5.11 Å². The molecular formula is C12H15BrFNO2. The number of carboxylic acid groups (broad SMARTS) is 1. The van der Waals surface area contributed by atoms with Crippen LogP contribution in [0.5, 0.6) is 0 Å². The Morgan fingerprint density at radius 3 is 2.82 bits per heavy atom. The number of aliphatic carboxylic acids is 1. The van der Waals surface area contributed by atoms with Crippen LogP contribution in [0.25, 0.3) is 0 Å². The first-order chi connectivity index (χ1) is 8.02. The normalized spacial score (nSPS) is 10.8. The Morgan fingerprint density at radius 1 is 1.53 bits per heavy atom. The molecule has 1 aromatic carbocycles. The molecule has 3 nitrogen and oxygen atoms in total. The number of halogens is 2. The van der Waals surface area contributed by atoms with Crippen LogP contribution in [0, 0.1) is 5.82 Å². The van der Waals surface area contributed by atoms with Crippen molar-refractivity contribution in [2.75, 3.05) is 13.1 Å². The number of hydrogen-bond acceptors (Lipinski definition) is 2. The predicted molar refractivity (Wildman–Crippen MR) is 67.3 cm³/mol. The zero-order valence-corrected chi connectivity index (χ0v) is 11.2. The van der Waals surface area contributed by atoms with Gasteiger partial charge in [0, 0.05) is 16.6 Å².